The predicted octanol–water partition coefficient (Wildman–Crippen LogP) is -3.88. The zero-order chi connectivity index (χ0) is 25.9. The van der Waals surface area contributed by atoms with Crippen LogP contribution >= 0.6 is 0 Å². The van der Waals surface area contributed by atoms with Crippen molar-refractivity contribution in [2.24, 2.45) is 23.1 Å². The number of hydrogen-bond acceptors (Lipinski definition) is 8. The van der Waals surface area contributed by atoms with Crippen LogP contribution in [0.3, 0.4) is 0 Å². The van der Waals surface area contributed by atoms with Crippen LogP contribution in [0.5, 0.6) is 0 Å². The van der Waals surface area contributed by atoms with Gasteiger partial charge >= 0.3 is 11.9 Å². The Morgan fingerprint density at radius 1 is 0.727 bits per heavy atom. The maximum Gasteiger partial charge on any atom is 0.326 e. The molecule has 0 heterocycles. The van der Waals surface area contributed by atoms with Crippen molar-refractivity contribution in [3.63, 3.8) is 0 Å². The molecule has 0 saturated heterocycles. The number of nitrogens with two attached hydrogens (primary N) is 3. The summed E-state index contributed by atoms with van der Waals surface area (Å²) in [5.74, 6) is -8.18. The number of aliphatic carboxylic acids is 2. The molecule has 0 aromatic heterocycles. The molecule has 15 nitrogen and oxygen atoms in total. The molecule has 33 heavy (non-hydrogen) atoms. The molecule has 11 N–H and O–H groups in total. The van der Waals surface area contributed by atoms with Gasteiger partial charge < -0.3 is 43.4 Å². The van der Waals surface area contributed by atoms with E-state index in [2.05, 4.69) is 10.6 Å². The molecule has 0 aliphatic carbocycles. The smallest absolute Gasteiger partial charge is 0.326 e. The molecule has 0 fully saturated rings. The molecule has 0 bridgehead atoms. The van der Waals surface area contributed by atoms with Gasteiger partial charge in [0.05, 0.1) is 18.9 Å². The first kappa shape index (κ1) is 29.2. The normalized spacial score (nSPS) is 14.3. The fraction of sp³-hybridized carbons (Fsp3) is 0.611. The van der Waals surface area contributed by atoms with E-state index in [1.807, 2.05) is 5.32 Å². The van der Waals surface area contributed by atoms with Crippen molar-refractivity contribution in [3.8, 4) is 0 Å². The molecule has 4 unspecified atom stereocenters. The molecule has 0 radical (unpaired) electrons. The van der Waals surface area contributed by atoms with E-state index < -0.39 is 91.3 Å². The van der Waals surface area contributed by atoms with Crippen LogP contribution in [0.1, 0.15) is 39.5 Å². The molecular weight excluding hydrogens is 444 g/mol. The summed E-state index contributed by atoms with van der Waals surface area (Å²) in [6.07, 6.45) is -2.49. The lowest BCUT2D eigenvalue weighted by Crippen LogP contribution is -2.58. The van der Waals surface area contributed by atoms with E-state index in [1.165, 1.54) is 0 Å². The SMILES string of the molecule is CC(C)C(N)C(=O)NC(CC(N)=O)C(=O)NC(CCC(=O)O)C(=O)NC(CC(N)=O)C(=O)O. The number of carbonyl (C=O) groups is 7. The maximum atomic E-state index is 12.7. The molecule has 0 saturated carbocycles. The van der Waals surface area contributed by atoms with E-state index in [0.29, 0.717) is 0 Å². The third kappa shape index (κ3) is 11.4. The number of carboxylic acids is 2. The van der Waals surface area contributed by atoms with Crippen molar-refractivity contribution in [2.75, 3.05) is 0 Å². The number of carbonyl (C=O) groups excluding carboxylic acids is 5. The third-order valence-corrected chi connectivity index (χ3v) is 4.36. The Morgan fingerprint density at radius 3 is 1.58 bits per heavy atom. The number of nitrogens with one attached hydrogen (secondary N) is 3. The Hall–Kier alpha value is -3.75. The van der Waals surface area contributed by atoms with Gasteiger partial charge in [0.2, 0.25) is 29.5 Å². The van der Waals surface area contributed by atoms with Gasteiger partial charge in [-0.2, -0.15) is 0 Å². The quantitative estimate of drug-likeness (QED) is 0.114. The van der Waals surface area contributed by atoms with Gasteiger partial charge in [-0.25, -0.2) is 4.79 Å². The molecule has 0 aliphatic heterocycles. The highest BCUT2D eigenvalue weighted by molar-refractivity contribution is 5.96. The van der Waals surface area contributed by atoms with Crippen molar-refractivity contribution in [1.29, 1.82) is 0 Å². The molecule has 0 spiro atoms. The van der Waals surface area contributed by atoms with Crippen LogP contribution in [0.4, 0.5) is 0 Å². The average Bonchev–Trinajstić information content (AvgIpc) is 2.67. The van der Waals surface area contributed by atoms with Crippen LogP contribution < -0.4 is 33.2 Å². The van der Waals surface area contributed by atoms with Crippen molar-refractivity contribution in [3.05, 3.63) is 0 Å². The third-order valence-electron chi connectivity index (χ3n) is 4.36. The molecule has 0 aliphatic rings. The Kier molecular flexibility index (Phi) is 12.1. The van der Waals surface area contributed by atoms with E-state index in [-0.39, 0.29) is 5.92 Å². The van der Waals surface area contributed by atoms with Crippen LogP contribution in [-0.4, -0.2) is 75.9 Å². The summed E-state index contributed by atoms with van der Waals surface area (Å²) in [6.45, 7) is 3.29. The standard InChI is InChI=1S/C18H30N6O9/c1-7(2)14(21)17(31)23-9(5-11(19)25)16(30)22-8(3-4-13(27)28)15(29)24-10(18(32)33)6-12(20)26/h7-10,14H,3-6,21H2,1-2H3,(H2,19,25)(H2,20,26)(H,22,30)(H,23,31)(H,24,29)(H,27,28)(H,32,33). The summed E-state index contributed by atoms with van der Waals surface area (Å²) >= 11 is 0. The van der Waals surface area contributed by atoms with Crippen LogP contribution in [0.25, 0.3) is 0 Å². The Morgan fingerprint density at radius 2 is 1.15 bits per heavy atom. The van der Waals surface area contributed by atoms with Crippen molar-refractivity contribution in [1.82, 2.24) is 16.0 Å². The minimum atomic E-state index is -1.73. The molecule has 15 heteroatoms. The lowest BCUT2D eigenvalue weighted by atomic mass is 10.0. The highest BCUT2D eigenvalue weighted by Crippen LogP contribution is 2.05. The molecular formula is C18H30N6O9. The molecule has 4 atom stereocenters. The lowest BCUT2D eigenvalue weighted by molar-refractivity contribution is -0.144. The van der Waals surface area contributed by atoms with Gasteiger partial charge in [-0.3, -0.25) is 28.8 Å². The van der Waals surface area contributed by atoms with E-state index in [9.17, 15) is 33.6 Å². The molecule has 0 aromatic rings. The Labute approximate surface area is 188 Å². The van der Waals surface area contributed by atoms with Crippen LogP contribution in [0.2, 0.25) is 0 Å². The summed E-state index contributed by atoms with van der Waals surface area (Å²) in [6, 6.07) is -5.89. The number of hydrogen-bond donors (Lipinski definition) is 8. The van der Waals surface area contributed by atoms with E-state index >= 15 is 0 Å². The topological polar surface area (TPSA) is 274 Å². The zero-order valence-electron chi connectivity index (χ0n) is 18.2. The summed E-state index contributed by atoms with van der Waals surface area (Å²) in [7, 11) is 0. The second-order valence-corrected chi connectivity index (χ2v) is 7.56. The fourth-order valence-corrected chi connectivity index (χ4v) is 2.46. The van der Waals surface area contributed by atoms with Gasteiger partial charge in [-0.1, -0.05) is 13.8 Å². The van der Waals surface area contributed by atoms with Gasteiger partial charge in [0, 0.05) is 6.42 Å². The Bertz CT molecular complexity index is 785. The van der Waals surface area contributed by atoms with Crippen molar-refractivity contribution in [2.45, 2.75) is 63.7 Å². The first-order valence-electron chi connectivity index (χ1n) is 9.83. The first-order chi connectivity index (χ1) is 15.1. The minimum absolute atomic E-state index is 0.311. The van der Waals surface area contributed by atoms with E-state index in [1.54, 1.807) is 13.8 Å². The number of rotatable bonds is 15. The van der Waals surface area contributed by atoms with Crippen LogP contribution in [0.15, 0.2) is 0 Å². The van der Waals surface area contributed by atoms with Crippen molar-refractivity contribution >= 4 is 41.5 Å². The van der Waals surface area contributed by atoms with Gasteiger partial charge in [0.15, 0.2) is 0 Å². The monoisotopic (exact) mass is 474 g/mol. The summed E-state index contributed by atoms with van der Waals surface area (Å²) < 4.78 is 0. The average molecular weight is 474 g/mol. The fourth-order valence-electron chi connectivity index (χ4n) is 2.46. The van der Waals surface area contributed by atoms with E-state index in [4.69, 9.17) is 27.4 Å². The number of primary amides is 2. The number of carboxylic acid groups (broad SMARTS) is 2. The summed E-state index contributed by atoms with van der Waals surface area (Å²) in [5.41, 5.74) is 15.8. The Balaban J connectivity index is 5.63. The highest BCUT2D eigenvalue weighted by atomic mass is 16.4. The molecule has 0 rings (SSSR count). The largest absolute Gasteiger partial charge is 0.481 e. The van der Waals surface area contributed by atoms with Gasteiger partial charge in [0.25, 0.3) is 0 Å². The summed E-state index contributed by atoms with van der Waals surface area (Å²) in [5, 5.41) is 24.4. The van der Waals surface area contributed by atoms with E-state index in [0.717, 1.165) is 0 Å². The predicted molar refractivity (Wildman–Crippen MR) is 111 cm³/mol. The number of amides is 5. The van der Waals surface area contributed by atoms with Crippen LogP contribution in [0, 0.1) is 5.92 Å². The molecule has 0 aromatic carbocycles. The minimum Gasteiger partial charge on any atom is -0.481 e. The van der Waals surface area contributed by atoms with Gasteiger partial charge in [-0.05, 0) is 12.3 Å². The molecule has 5 amide bonds. The van der Waals surface area contributed by atoms with Crippen LogP contribution in [-0.2, 0) is 33.6 Å². The molecule has 186 valence electrons. The lowest BCUT2D eigenvalue weighted by Gasteiger charge is -2.25. The van der Waals surface area contributed by atoms with Gasteiger partial charge in [0.1, 0.15) is 18.1 Å². The van der Waals surface area contributed by atoms with Gasteiger partial charge in [-0.15, -0.1) is 0 Å². The first-order valence-corrected chi connectivity index (χ1v) is 9.83. The second kappa shape index (κ2) is 13.6. The zero-order valence-corrected chi connectivity index (χ0v) is 18.2. The second-order valence-electron chi connectivity index (χ2n) is 7.56. The summed E-state index contributed by atoms with van der Waals surface area (Å²) in [4.78, 5) is 81.9. The highest BCUT2D eigenvalue weighted by Gasteiger charge is 2.32. The van der Waals surface area contributed by atoms with Crippen molar-refractivity contribution < 1.29 is 43.8 Å². The maximum absolute atomic E-state index is 12.7.